The molecule has 0 aliphatic heterocycles. The van der Waals surface area contributed by atoms with Crippen LogP contribution in [0.1, 0.15) is 49.7 Å². The van der Waals surface area contributed by atoms with Crippen molar-refractivity contribution >= 4 is 11.3 Å². The summed E-state index contributed by atoms with van der Waals surface area (Å²) in [5.41, 5.74) is 1.27. The van der Waals surface area contributed by atoms with Crippen molar-refractivity contribution in [2.75, 3.05) is 0 Å². The maximum absolute atomic E-state index is 4.72. The first-order valence-electron chi connectivity index (χ1n) is 6.91. The number of hydrogen-bond acceptors (Lipinski definition) is 2. The van der Waals surface area contributed by atoms with Crippen molar-refractivity contribution in [2.24, 2.45) is 5.92 Å². The molecule has 0 bridgehead atoms. The number of hydrogen-bond donors (Lipinski definition) is 0. The molecule has 0 aromatic carbocycles. The number of aromatic nitrogens is 1. The third kappa shape index (κ3) is 6.15. The first-order valence-corrected chi connectivity index (χ1v) is 7.79. The number of allylic oxidation sites excluding steroid dienone is 2. The van der Waals surface area contributed by atoms with E-state index < -0.39 is 0 Å². The Bertz CT molecular complexity index is 354. The van der Waals surface area contributed by atoms with Gasteiger partial charge in [-0.15, -0.1) is 24.5 Å². The van der Waals surface area contributed by atoms with Crippen LogP contribution in [-0.4, -0.2) is 4.98 Å². The van der Waals surface area contributed by atoms with Crippen molar-refractivity contribution in [3.05, 3.63) is 41.4 Å². The zero-order chi connectivity index (χ0) is 13.2. The number of unbranched alkanes of at least 4 members (excludes halogenated alkanes) is 2. The lowest BCUT2D eigenvalue weighted by molar-refractivity contribution is 0.530. The number of nitrogens with zero attached hydrogens (tertiary/aromatic N) is 1. The Morgan fingerprint density at radius 2 is 2.06 bits per heavy atom. The predicted octanol–water partition coefficient (Wildman–Crippen LogP) is 5.19. The van der Waals surface area contributed by atoms with Gasteiger partial charge in [0.1, 0.15) is 0 Å². The molecule has 0 spiro atoms. The van der Waals surface area contributed by atoms with E-state index in [9.17, 15) is 0 Å². The van der Waals surface area contributed by atoms with E-state index in [2.05, 4.69) is 25.5 Å². The number of aryl methyl sites for hydroxylation is 1. The highest BCUT2D eigenvalue weighted by Gasteiger charge is 2.07. The Morgan fingerprint density at radius 3 is 2.78 bits per heavy atom. The molecule has 1 aromatic heterocycles. The van der Waals surface area contributed by atoms with Gasteiger partial charge in [-0.3, -0.25) is 0 Å². The summed E-state index contributed by atoms with van der Waals surface area (Å²) in [5.74, 6) is 0.707. The van der Waals surface area contributed by atoms with E-state index in [1.807, 2.05) is 23.5 Å². The molecule has 1 aromatic rings. The Morgan fingerprint density at radius 1 is 1.28 bits per heavy atom. The second kappa shape index (κ2) is 9.09. The fourth-order valence-electron chi connectivity index (χ4n) is 1.98. The van der Waals surface area contributed by atoms with Gasteiger partial charge in [0, 0.05) is 5.38 Å². The minimum Gasteiger partial charge on any atom is -0.246 e. The third-order valence-corrected chi connectivity index (χ3v) is 4.03. The molecule has 1 heterocycles. The maximum atomic E-state index is 4.72. The fraction of sp³-hybridized carbons (Fsp3) is 0.562. The summed E-state index contributed by atoms with van der Waals surface area (Å²) < 4.78 is 0. The molecule has 0 amide bonds. The van der Waals surface area contributed by atoms with Crippen LogP contribution in [0.3, 0.4) is 0 Å². The van der Waals surface area contributed by atoms with Crippen LogP contribution >= 0.6 is 11.3 Å². The molecule has 1 unspecified atom stereocenters. The van der Waals surface area contributed by atoms with E-state index in [4.69, 9.17) is 4.98 Å². The van der Waals surface area contributed by atoms with Crippen LogP contribution < -0.4 is 0 Å². The molecule has 18 heavy (non-hydrogen) atoms. The minimum absolute atomic E-state index is 0.707. The molecule has 0 fully saturated rings. The largest absolute Gasteiger partial charge is 0.246 e. The fourth-order valence-corrected chi connectivity index (χ4v) is 2.84. The summed E-state index contributed by atoms with van der Waals surface area (Å²) in [4.78, 5) is 4.72. The highest BCUT2D eigenvalue weighted by atomic mass is 32.1. The monoisotopic (exact) mass is 263 g/mol. The van der Waals surface area contributed by atoms with Gasteiger partial charge >= 0.3 is 0 Å². The van der Waals surface area contributed by atoms with Crippen LogP contribution in [0.4, 0.5) is 0 Å². The predicted molar refractivity (Wildman–Crippen MR) is 82.2 cm³/mol. The summed E-state index contributed by atoms with van der Waals surface area (Å²) in [7, 11) is 0. The van der Waals surface area contributed by atoms with Gasteiger partial charge in [0.2, 0.25) is 0 Å². The Labute approximate surface area is 116 Å². The van der Waals surface area contributed by atoms with E-state index in [1.54, 1.807) is 0 Å². The normalized spacial score (nSPS) is 12.3. The molecule has 0 saturated heterocycles. The molecular formula is C16H25NS. The van der Waals surface area contributed by atoms with E-state index in [0.29, 0.717) is 5.92 Å². The molecule has 0 saturated carbocycles. The van der Waals surface area contributed by atoms with E-state index in [0.717, 1.165) is 25.7 Å². The molecule has 0 radical (unpaired) electrons. The average Bonchev–Trinajstić information content (AvgIpc) is 2.80. The summed E-state index contributed by atoms with van der Waals surface area (Å²) in [6.45, 7) is 9.82. The van der Waals surface area contributed by atoms with Gasteiger partial charge in [-0.2, -0.15) is 0 Å². The van der Waals surface area contributed by atoms with Crippen molar-refractivity contribution in [1.29, 1.82) is 0 Å². The standard InChI is InChI=1S/C16H25NS/c1-4-6-8-9-11-16-17-15(13-18-16)12-14(3)10-7-5-2/h4-5,13-14H,1-2,6-12H2,3H3. The highest BCUT2D eigenvalue weighted by molar-refractivity contribution is 7.09. The smallest absolute Gasteiger partial charge is 0.0928 e. The van der Waals surface area contributed by atoms with Gasteiger partial charge in [-0.25, -0.2) is 4.98 Å². The summed E-state index contributed by atoms with van der Waals surface area (Å²) in [6, 6.07) is 0. The van der Waals surface area contributed by atoms with Gasteiger partial charge < -0.3 is 0 Å². The summed E-state index contributed by atoms with van der Waals surface area (Å²) in [5, 5.41) is 3.53. The van der Waals surface area contributed by atoms with Gasteiger partial charge in [0.15, 0.2) is 0 Å². The van der Waals surface area contributed by atoms with Crippen LogP contribution in [0.25, 0.3) is 0 Å². The molecule has 2 heteroatoms. The molecular weight excluding hydrogens is 238 g/mol. The molecule has 100 valence electrons. The maximum Gasteiger partial charge on any atom is 0.0928 e. The van der Waals surface area contributed by atoms with Crippen LogP contribution in [0.5, 0.6) is 0 Å². The minimum atomic E-state index is 0.707. The van der Waals surface area contributed by atoms with Crippen molar-refractivity contribution in [3.63, 3.8) is 0 Å². The number of rotatable bonds is 10. The lowest BCUT2D eigenvalue weighted by atomic mass is 10.0. The van der Waals surface area contributed by atoms with Crippen LogP contribution in [0.15, 0.2) is 30.7 Å². The quantitative estimate of drug-likeness (QED) is 0.418. The number of thiazole rings is 1. The second-order valence-corrected chi connectivity index (χ2v) is 5.89. The Hall–Kier alpha value is -0.890. The van der Waals surface area contributed by atoms with Gasteiger partial charge in [0.05, 0.1) is 10.7 Å². The summed E-state index contributed by atoms with van der Waals surface area (Å²) in [6.07, 6.45) is 12.1. The lowest BCUT2D eigenvalue weighted by Gasteiger charge is -2.06. The van der Waals surface area contributed by atoms with E-state index in [1.165, 1.54) is 30.0 Å². The van der Waals surface area contributed by atoms with Crippen LogP contribution in [0, 0.1) is 5.92 Å². The zero-order valence-corrected chi connectivity index (χ0v) is 12.3. The van der Waals surface area contributed by atoms with Crippen molar-refractivity contribution in [1.82, 2.24) is 4.98 Å². The molecule has 1 atom stereocenters. The molecule has 1 rings (SSSR count). The van der Waals surface area contributed by atoms with E-state index >= 15 is 0 Å². The lowest BCUT2D eigenvalue weighted by Crippen LogP contribution is -1.99. The van der Waals surface area contributed by atoms with Crippen LogP contribution in [-0.2, 0) is 12.8 Å². The van der Waals surface area contributed by atoms with Crippen molar-refractivity contribution in [3.8, 4) is 0 Å². The van der Waals surface area contributed by atoms with Gasteiger partial charge in [0.25, 0.3) is 0 Å². The average molecular weight is 263 g/mol. The van der Waals surface area contributed by atoms with Crippen molar-refractivity contribution in [2.45, 2.75) is 51.9 Å². The SMILES string of the molecule is C=CCCCCc1nc(CC(C)CCC=C)cs1. The molecule has 1 nitrogen and oxygen atoms in total. The Kier molecular flexibility index (Phi) is 7.66. The van der Waals surface area contributed by atoms with Crippen molar-refractivity contribution < 1.29 is 0 Å². The summed E-state index contributed by atoms with van der Waals surface area (Å²) >= 11 is 1.82. The second-order valence-electron chi connectivity index (χ2n) is 4.94. The Balaban J connectivity index is 2.28. The van der Waals surface area contributed by atoms with E-state index in [-0.39, 0.29) is 0 Å². The molecule has 0 aliphatic carbocycles. The molecule has 0 N–H and O–H groups in total. The topological polar surface area (TPSA) is 12.9 Å². The third-order valence-electron chi connectivity index (χ3n) is 3.07. The van der Waals surface area contributed by atoms with Gasteiger partial charge in [-0.1, -0.05) is 19.1 Å². The first kappa shape index (κ1) is 15.2. The molecule has 0 aliphatic rings. The van der Waals surface area contributed by atoms with Crippen LogP contribution in [0.2, 0.25) is 0 Å². The highest BCUT2D eigenvalue weighted by Crippen LogP contribution is 2.18. The first-order chi connectivity index (χ1) is 8.76. The van der Waals surface area contributed by atoms with Gasteiger partial charge in [-0.05, 0) is 50.9 Å². The zero-order valence-electron chi connectivity index (χ0n) is 11.5.